The van der Waals surface area contributed by atoms with Crippen LogP contribution in [0.1, 0.15) is 26.2 Å². The summed E-state index contributed by atoms with van der Waals surface area (Å²) in [5.74, 6) is -0.851. The molecular weight excluding hydrogens is 260 g/mol. The first-order valence-electron chi connectivity index (χ1n) is 7.03. The Labute approximate surface area is 118 Å². The van der Waals surface area contributed by atoms with Gasteiger partial charge in [0.2, 0.25) is 0 Å². The minimum atomic E-state index is -0.880. The van der Waals surface area contributed by atoms with E-state index in [0.717, 1.165) is 6.42 Å². The lowest BCUT2D eigenvalue weighted by atomic mass is 9.80. The molecule has 1 fully saturated rings. The van der Waals surface area contributed by atoms with Crippen molar-refractivity contribution in [1.82, 2.24) is 10.2 Å². The van der Waals surface area contributed by atoms with Crippen molar-refractivity contribution in [3.8, 4) is 0 Å². The van der Waals surface area contributed by atoms with Crippen LogP contribution < -0.4 is 5.32 Å². The van der Waals surface area contributed by atoms with E-state index in [2.05, 4.69) is 11.4 Å². The zero-order chi connectivity index (χ0) is 14.6. The summed E-state index contributed by atoms with van der Waals surface area (Å²) >= 11 is 0. The predicted octanol–water partition coefficient (Wildman–Crippen LogP) is 1.23. The average Bonchev–Trinajstić information content (AvgIpc) is 2.45. The number of hydrogen-bond acceptors (Lipinski definition) is 3. The highest BCUT2D eigenvalue weighted by atomic mass is 16.5. The lowest BCUT2D eigenvalue weighted by Gasteiger charge is -2.34. The van der Waals surface area contributed by atoms with Gasteiger partial charge in [-0.1, -0.05) is 11.6 Å². The van der Waals surface area contributed by atoms with Crippen LogP contribution in [0, 0.1) is 5.41 Å². The monoisotopic (exact) mass is 282 g/mol. The molecule has 2 heterocycles. The third kappa shape index (κ3) is 3.30. The Balaban J connectivity index is 1.91. The van der Waals surface area contributed by atoms with Crippen LogP contribution in [0.2, 0.25) is 0 Å². The number of hydrogen-bond donors (Lipinski definition) is 2. The molecule has 112 valence electrons. The maximum absolute atomic E-state index is 12.1. The summed E-state index contributed by atoms with van der Waals surface area (Å²) in [5.41, 5.74) is 0.291. The van der Waals surface area contributed by atoms with Crippen LogP contribution in [-0.2, 0) is 9.53 Å². The molecule has 0 unspecified atom stereocenters. The third-order valence-electron chi connectivity index (χ3n) is 4.10. The summed E-state index contributed by atoms with van der Waals surface area (Å²) in [7, 11) is 0. The maximum Gasteiger partial charge on any atom is 0.317 e. The van der Waals surface area contributed by atoms with Gasteiger partial charge in [0.1, 0.15) is 0 Å². The van der Waals surface area contributed by atoms with Gasteiger partial charge >= 0.3 is 12.0 Å². The molecule has 0 aromatic heterocycles. The van der Waals surface area contributed by atoms with Gasteiger partial charge in [-0.15, -0.1) is 0 Å². The van der Waals surface area contributed by atoms with Crippen molar-refractivity contribution in [1.29, 1.82) is 0 Å². The van der Waals surface area contributed by atoms with Crippen LogP contribution >= 0.6 is 0 Å². The molecule has 2 aliphatic heterocycles. The van der Waals surface area contributed by atoms with Crippen LogP contribution in [-0.4, -0.2) is 54.9 Å². The summed E-state index contributed by atoms with van der Waals surface area (Å²) in [6.07, 6.45) is 3.88. The first kappa shape index (κ1) is 14.8. The molecule has 0 radical (unpaired) electrons. The second-order valence-corrected chi connectivity index (χ2v) is 5.62. The lowest BCUT2D eigenvalue weighted by molar-refractivity contribution is -0.154. The Morgan fingerprint density at radius 2 is 2.15 bits per heavy atom. The topological polar surface area (TPSA) is 78.9 Å². The van der Waals surface area contributed by atoms with E-state index in [1.165, 1.54) is 5.57 Å². The number of aliphatic carboxylic acids is 1. The number of ether oxygens (including phenoxy) is 1. The van der Waals surface area contributed by atoms with E-state index < -0.39 is 11.4 Å². The van der Waals surface area contributed by atoms with Gasteiger partial charge in [0.15, 0.2) is 0 Å². The molecule has 6 heteroatoms. The van der Waals surface area contributed by atoms with Gasteiger partial charge in [-0.3, -0.25) is 4.79 Å². The second-order valence-electron chi connectivity index (χ2n) is 5.62. The van der Waals surface area contributed by atoms with E-state index >= 15 is 0 Å². The first-order valence-corrected chi connectivity index (χ1v) is 7.03. The van der Waals surface area contributed by atoms with Crippen molar-refractivity contribution in [3.05, 3.63) is 11.6 Å². The minimum absolute atomic E-state index is 0.170. The lowest BCUT2D eigenvalue weighted by Crippen LogP contribution is -2.50. The molecule has 1 saturated heterocycles. The molecule has 0 spiro atoms. The van der Waals surface area contributed by atoms with Crippen molar-refractivity contribution in [3.63, 3.8) is 0 Å². The normalized spacial score (nSPS) is 22.1. The summed E-state index contributed by atoms with van der Waals surface area (Å²) in [6, 6.07) is -0.176. The van der Waals surface area contributed by atoms with E-state index in [1.54, 1.807) is 4.90 Å². The molecule has 2 N–H and O–H groups in total. The summed E-state index contributed by atoms with van der Waals surface area (Å²) in [4.78, 5) is 25.3. The number of carbonyl (C=O) groups is 2. The molecule has 0 saturated carbocycles. The van der Waals surface area contributed by atoms with Gasteiger partial charge in [0.25, 0.3) is 0 Å². The number of nitrogens with zero attached hydrogens (tertiary/aromatic N) is 1. The van der Waals surface area contributed by atoms with E-state index in [-0.39, 0.29) is 12.6 Å². The minimum Gasteiger partial charge on any atom is -0.481 e. The summed E-state index contributed by atoms with van der Waals surface area (Å²) < 4.78 is 5.22. The Hall–Kier alpha value is -1.56. The van der Waals surface area contributed by atoms with E-state index in [0.29, 0.717) is 39.1 Å². The second kappa shape index (κ2) is 6.26. The largest absolute Gasteiger partial charge is 0.481 e. The van der Waals surface area contributed by atoms with Gasteiger partial charge in [0.05, 0.1) is 5.41 Å². The third-order valence-corrected chi connectivity index (χ3v) is 4.10. The number of urea groups is 1. The zero-order valence-electron chi connectivity index (χ0n) is 11.9. The standard InChI is InChI=1S/C14H22N2O4/c1-11-3-2-6-16(9-11)13(19)15-10-14(12(17)18)4-7-20-8-5-14/h3H,2,4-10H2,1H3,(H,15,19)(H,17,18). The van der Waals surface area contributed by atoms with E-state index in [4.69, 9.17) is 4.74 Å². The first-order chi connectivity index (χ1) is 9.53. The molecule has 2 aliphatic rings. The molecule has 2 rings (SSSR count). The SMILES string of the molecule is CC1=CCCN(C(=O)NCC2(C(=O)O)CCOCC2)C1. The molecule has 2 amide bonds. The van der Waals surface area contributed by atoms with E-state index in [1.807, 2.05) is 6.92 Å². The highest BCUT2D eigenvalue weighted by Gasteiger charge is 2.40. The Kier molecular flexibility index (Phi) is 4.65. The Bertz CT molecular complexity index is 413. The van der Waals surface area contributed by atoms with Crippen LogP contribution in [0.3, 0.4) is 0 Å². The molecular formula is C14H22N2O4. The number of rotatable bonds is 3. The van der Waals surface area contributed by atoms with Crippen LogP contribution in [0.4, 0.5) is 4.79 Å². The summed E-state index contributed by atoms with van der Waals surface area (Å²) in [6.45, 7) is 4.35. The molecule has 6 nitrogen and oxygen atoms in total. The predicted molar refractivity (Wildman–Crippen MR) is 73.5 cm³/mol. The van der Waals surface area contributed by atoms with Crippen molar-refractivity contribution in [2.24, 2.45) is 5.41 Å². The van der Waals surface area contributed by atoms with Gasteiger partial charge in [-0.2, -0.15) is 0 Å². The van der Waals surface area contributed by atoms with Gasteiger partial charge in [-0.05, 0) is 26.2 Å². The molecule has 0 aliphatic carbocycles. The summed E-state index contributed by atoms with van der Waals surface area (Å²) in [5, 5.41) is 12.2. The van der Waals surface area contributed by atoms with Crippen molar-refractivity contribution < 1.29 is 19.4 Å². The molecule has 0 atom stereocenters. The van der Waals surface area contributed by atoms with Crippen molar-refractivity contribution in [2.45, 2.75) is 26.2 Å². The fourth-order valence-corrected chi connectivity index (χ4v) is 2.67. The van der Waals surface area contributed by atoms with Gasteiger partial charge in [0, 0.05) is 32.8 Å². The van der Waals surface area contributed by atoms with Gasteiger partial charge in [-0.25, -0.2) is 4.79 Å². The van der Waals surface area contributed by atoms with Crippen LogP contribution in [0.25, 0.3) is 0 Å². The van der Waals surface area contributed by atoms with Crippen molar-refractivity contribution in [2.75, 3.05) is 32.8 Å². The maximum atomic E-state index is 12.1. The quantitative estimate of drug-likeness (QED) is 0.763. The highest BCUT2D eigenvalue weighted by Crippen LogP contribution is 2.30. The number of carbonyl (C=O) groups excluding carboxylic acids is 1. The smallest absolute Gasteiger partial charge is 0.317 e. The number of nitrogens with one attached hydrogen (secondary N) is 1. The Morgan fingerprint density at radius 1 is 1.45 bits per heavy atom. The molecule has 0 bridgehead atoms. The molecule has 0 aromatic carbocycles. The number of amides is 2. The highest BCUT2D eigenvalue weighted by molar-refractivity contribution is 5.78. The van der Waals surface area contributed by atoms with Gasteiger partial charge < -0.3 is 20.1 Å². The Morgan fingerprint density at radius 3 is 2.75 bits per heavy atom. The number of carboxylic acids is 1. The molecule has 0 aromatic rings. The van der Waals surface area contributed by atoms with Crippen molar-refractivity contribution >= 4 is 12.0 Å². The fraction of sp³-hybridized carbons (Fsp3) is 0.714. The fourth-order valence-electron chi connectivity index (χ4n) is 2.67. The van der Waals surface area contributed by atoms with E-state index in [9.17, 15) is 14.7 Å². The zero-order valence-corrected chi connectivity index (χ0v) is 11.9. The van der Waals surface area contributed by atoms with Crippen LogP contribution in [0.15, 0.2) is 11.6 Å². The average molecular weight is 282 g/mol. The van der Waals surface area contributed by atoms with Crippen LogP contribution in [0.5, 0.6) is 0 Å². The number of carboxylic acid groups (broad SMARTS) is 1. The molecule has 20 heavy (non-hydrogen) atoms.